The third-order valence-corrected chi connectivity index (χ3v) is 3.22. The van der Waals surface area contributed by atoms with Gasteiger partial charge in [0.25, 0.3) is 5.88 Å². The van der Waals surface area contributed by atoms with Gasteiger partial charge in [0.2, 0.25) is 0 Å². The molecule has 1 heterocycles. The molecule has 0 spiro atoms. The van der Waals surface area contributed by atoms with E-state index in [2.05, 4.69) is 29.0 Å². The molecule has 0 saturated carbocycles. The summed E-state index contributed by atoms with van der Waals surface area (Å²) in [7, 11) is 3.12. The zero-order valence-corrected chi connectivity index (χ0v) is 13.3. The summed E-state index contributed by atoms with van der Waals surface area (Å²) in [6, 6.07) is 8.19. The standard InChI is InChI=1S/C17H22N2O3/c1-4-6-13-7-5-8-14(11-13)22-10-9-16-18-12-15(20-2)17(19-16)21-3/h5,7-8,11-12H,4,6,9-10H2,1-3H3. The highest BCUT2D eigenvalue weighted by Crippen LogP contribution is 2.22. The van der Waals surface area contributed by atoms with Gasteiger partial charge in [0.05, 0.1) is 27.0 Å². The Morgan fingerprint density at radius 2 is 1.95 bits per heavy atom. The lowest BCUT2D eigenvalue weighted by atomic mass is 10.1. The number of nitrogens with zero attached hydrogens (tertiary/aromatic N) is 2. The molecule has 118 valence electrons. The fraction of sp³-hybridized carbons (Fsp3) is 0.412. The van der Waals surface area contributed by atoms with Crippen molar-refractivity contribution in [2.45, 2.75) is 26.2 Å². The average molecular weight is 302 g/mol. The van der Waals surface area contributed by atoms with Gasteiger partial charge < -0.3 is 14.2 Å². The first kappa shape index (κ1) is 16.1. The molecule has 0 aliphatic carbocycles. The van der Waals surface area contributed by atoms with Gasteiger partial charge in [-0.05, 0) is 24.1 Å². The van der Waals surface area contributed by atoms with Crippen LogP contribution < -0.4 is 14.2 Å². The van der Waals surface area contributed by atoms with Crippen molar-refractivity contribution in [3.05, 3.63) is 41.9 Å². The van der Waals surface area contributed by atoms with E-state index in [-0.39, 0.29) is 0 Å². The summed E-state index contributed by atoms with van der Waals surface area (Å²) < 4.78 is 16.1. The molecule has 0 unspecified atom stereocenters. The second-order valence-corrected chi connectivity index (χ2v) is 4.86. The van der Waals surface area contributed by atoms with Gasteiger partial charge in [0.15, 0.2) is 5.75 Å². The van der Waals surface area contributed by atoms with Crippen LogP contribution in [0.3, 0.4) is 0 Å². The number of hydrogen-bond acceptors (Lipinski definition) is 5. The maximum absolute atomic E-state index is 5.77. The molecule has 0 fully saturated rings. The van der Waals surface area contributed by atoms with Crippen molar-refractivity contribution < 1.29 is 14.2 Å². The van der Waals surface area contributed by atoms with E-state index in [0.717, 1.165) is 18.6 Å². The first-order valence-corrected chi connectivity index (χ1v) is 7.42. The maximum Gasteiger partial charge on any atom is 0.260 e. The van der Waals surface area contributed by atoms with E-state index in [1.165, 1.54) is 5.56 Å². The Bertz CT molecular complexity index is 602. The van der Waals surface area contributed by atoms with E-state index in [4.69, 9.17) is 14.2 Å². The molecule has 0 saturated heterocycles. The molecule has 1 aromatic heterocycles. The van der Waals surface area contributed by atoms with Crippen LogP contribution in [-0.4, -0.2) is 30.8 Å². The molecular formula is C17H22N2O3. The molecule has 5 nitrogen and oxygen atoms in total. The first-order chi connectivity index (χ1) is 10.8. The van der Waals surface area contributed by atoms with Gasteiger partial charge in [-0.25, -0.2) is 4.98 Å². The summed E-state index contributed by atoms with van der Waals surface area (Å²) >= 11 is 0. The van der Waals surface area contributed by atoms with E-state index in [1.54, 1.807) is 20.4 Å². The molecule has 0 aliphatic heterocycles. The van der Waals surface area contributed by atoms with Crippen LogP contribution in [-0.2, 0) is 12.8 Å². The van der Waals surface area contributed by atoms with Crippen molar-refractivity contribution in [3.63, 3.8) is 0 Å². The van der Waals surface area contributed by atoms with Gasteiger partial charge in [-0.2, -0.15) is 4.98 Å². The Kier molecular flexibility index (Phi) is 6.01. The number of aromatic nitrogens is 2. The van der Waals surface area contributed by atoms with Crippen molar-refractivity contribution in [1.82, 2.24) is 9.97 Å². The molecule has 0 amide bonds. The lowest BCUT2D eigenvalue weighted by Gasteiger charge is -2.09. The van der Waals surface area contributed by atoms with Crippen LogP contribution in [0.5, 0.6) is 17.4 Å². The van der Waals surface area contributed by atoms with Gasteiger partial charge >= 0.3 is 0 Å². The Morgan fingerprint density at radius 3 is 2.68 bits per heavy atom. The molecular weight excluding hydrogens is 280 g/mol. The summed E-state index contributed by atoms with van der Waals surface area (Å²) in [5, 5.41) is 0. The predicted octanol–water partition coefficient (Wildman–Crippen LogP) is 3.07. The molecule has 0 atom stereocenters. The Hall–Kier alpha value is -2.30. The van der Waals surface area contributed by atoms with E-state index in [1.807, 2.05) is 12.1 Å². The van der Waals surface area contributed by atoms with Crippen molar-refractivity contribution in [1.29, 1.82) is 0 Å². The molecule has 0 radical (unpaired) electrons. The van der Waals surface area contributed by atoms with Gasteiger partial charge in [0.1, 0.15) is 11.6 Å². The van der Waals surface area contributed by atoms with E-state index in [9.17, 15) is 0 Å². The minimum atomic E-state index is 0.442. The Balaban J connectivity index is 1.92. The normalized spacial score (nSPS) is 10.3. The number of aryl methyl sites for hydroxylation is 1. The second kappa shape index (κ2) is 8.22. The molecule has 0 aliphatic rings. The summed E-state index contributed by atoms with van der Waals surface area (Å²) in [4.78, 5) is 8.54. The third kappa shape index (κ3) is 4.35. The van der Waals surface area contributed by atoms with Crippen molar-refractivity contribution in [3.8, 4) is 17.4 Å². The van der Waals surface area contributed by atoms with Crippen LogP contribution in [0.15, 0.2) is 30.5 Å². The van der Waals surface area contributed by atoms with Crippen LogP contribution in [0.4, 0.5) is 0 Å². The molecule has 2 aromatic rings. The summed E-state index contributed by atoms with van der Waals surface area (Å²) in [6.07, 6.45) is 4.42. The van der Waals surface area contributed by atoms with Crippen LogP contribution in [0.1, 0.15) is 24.7 Å². The van der Waals surface area contributed by atoms with Crippen molar-refractivity contribution in [2.75, 3.05) is 20.8 Å². The zero-order chi connectivity index (χ0) is 15.8. The number of rotatable bonds is 8. The third-order valence-electron chi connectivity index (χ3n) is 3.22. The minimum absolute atomic E-state index is 0.442. The van der Waals surface area contributed by atoms with Crippen molar-refractivity contribution in [2.24, 2.45) is 0 Å². The van der Waals surface area contributed by atoms with Gasteiger partial charge in [0, 0.05) is 6.42 Å². The van der Waals surface area contributed by atoms with E-state index < -0.39 is 0 Å². The number of methoxy groups -OCH3 is 2. The van der Waals surface area contributed by atoms with E-state index in [0.29, 0.717) is 30.5 Å². The van der Waals surface area contributed by atoms with Crippen molar-refractivity contribution >= 4 is 0 Å². The molecule has 0 N–H and O–H groups in total. The smallest absolute Gasteiger partial charge is 0.260 e. The molecule has 0 bridgehead atoms. The van der Waals surface area contributed by atoms with E-state index >= 15 is 0 Å². The zero-order valence-electron chi connectivity index (χ0n) is 13.3. The summed E-state index contributed by atoms with van der Waals surface area (Å²) in [5.74, 6) is 2.52. The Morgan fingerprint density at radius 1 is 1.09 bits per heavy atom. The van der Waals surface area contributed by atoms with Gasteiger partial charge in [-0.15, -0.1) is 0 Å². The van der Waals surface area contributed by atoms with Crippen LogP contribution >= 0.6 is 0 Å². The summed E-state index contributed by atoms with van der Waals surface area (Å²) in [6.45, 7) is 2.69. The molecule has 22 heavy (non-hydrogen) atoms. The topological polar surface area (TPSA) is 53.5 Å². The highest BCUT2D eigenvalue weighted by Gasteiger charge is 2.08. The fourth-order valence-corrected chi connectivity index (χ4v) is 2.14. The largest absolute Gasteiger partial charge is 0.493 e. The van der Waals surface area contributed by atoms with Crippen LogP contribution in [0, 0.1) is 0 Å². The van der Waals surface area contributed by atoms with Crippen LogP contribution in [0.2, 0.25) is 0 Å². The first-order valence-electron chi connectivity index (χ1n) is 7.42. The number of hydrogen-bond donors (Lipinski definition) is 0. The number of benzene rings is 1. The predicted molar refractivity (Wildman–Crippen MR) is 84.8 cm³/mol. The quantitative estimate of drug-likeness (QED) is 0.750. The summed E-state index contributed by atoms with van der Waals surface area (Å²) in [5.41, 5.74) is 1.29. The monoisotopic (exact) mass is 302 g/mol. The van der Waals surface area contributed by atoms with Crippen LogP contribution in [0.25, 0.3) is 0 Å². The molecule has 5 heteroatoms. The highest BCUT2D eigenvalue weighted by molar-refractivity contribution is 5.31. The van der Waals surface area contributed by atoms with Gasteiger partial charge in [-0.3, -0.25) is 0 Å². The Labute approximate surface area is 131 Å². The molecule has 2 rings (SSSR count). The lowest BCUT2D eigenvalue weighted by molar-refractivity contribution is 0.313. The SMILES string of the molecule is CCCc1cccc(OCCc2ncc(OC)c(OC)n2)c1. The highest BCUT2D eigenvalue weighted by atomic mass is 16.5. The average Bonchev–Trinajstić information content (AvgIpc) is 2.55. The molecule has 1 aromatic carbocycles. The van der Waals surface area contributed by atoms with Gasteiger partial charge in [-0.1, -0.05) is 25.5 Å². The lowest BCUT2D eigenvalue weighted by Crippen LogP contribution is -2.06. The minimum Gasteiger partial charge on any atom is -0.493 e. The number of ether oxygens (including phenoxy) is 3. The maximum atomic E-state index is 5.77. The fourth-order valence-electron chi connectivity index (χ4n) is 2.14. The second-order valence-electron chi connectivity index (χ2n) is 4.86.